The van der Waals surface area contributed by atoms with Crippen LogP contribution < -0.4 is 5.32 Å². The number of benzene rings is 1. The fourth-order valence-electron chi connectivity index (χ4n) is 1.49. The zero-order valence-electron chi connectivity index (χ0n) is 11.2. The summed E-state index contributed by atoms with van der Waals surface area (Å²) >= 11 is 7.42. The maximum absolute atomic E-state index is 11.7. The van der Waals surface area contributed by atoms with Gasteiger partial charge in [0, 0.05) is 22.1 Å². The third-order valence-corrected chi connectivity index (χ3v) is 4.03. The summed E-state index contributed by atoms with van der Waals surface area (Å²) in [7, 11) is 0. The number of hydrogen-bond donors (Lipinski definition) is 2. The van der Waals surface area contributed by atoms with E-state index in [0.717, 1.165) is 4.90 Å². The average Bonchev–Trinajstić information content (AvgIpc) is 2.38. The van der Waals surface area contributed by atoms with Crippen molar-refractivity contribution in [3.05, 3.63) is 29.3 Å². The summed E-state index contributed by atoms with van der Waals surface area (Å²) in [6.45, 7) is 3.93. The van der Waals surface area contributed by atoms with E-state index < -0.39 is 0 Å². The third-order valence-electron chi connectivity index (χ3n) is 2.76. The Kier molecular flexibility index (Phi) is 7.28. The summed E-state index contributed by atoms with van der Waals surface area (Å²) in [5.41, 5.74) is 0. The smallest absolute Gasteiger partial charge is 0.221 e. The number of aliphatic hydroxyl groups excluding tert-OH is 1. The maximum Gasteiger partial charge on any atom is 0.221 e. The van der Waals surface area contributed by atoms with Crippen LogP contribution in [0.4, 0.5) is 0 Å². The van der Waals surface area contributed by atoms with Crippen molar-refractivity contribution in [1.82, 2.24) is 5.32 Å². The lowest BCUT2D eigenvalue weighted by atomic mass is 10.1. The van der Waals surface area contributed by atoms with Gasteiger partial charge in [0.2, 0.25) is 5.91 Å². The van der Waals surface area contributed by atoms with Gasteiger partial charge in [-0.05, 0) is 30.2 Å². The van der Waals surface area contributed by atoms with Crippen LogP contribution in [0.3, 0.4) is 0 Å². The second-order valence-electron chi connectivity index (χ2n) is 4.65. The average molecular weight is 302 g/mol. The lowest BCUT2D eigenvalue weighted by Gasteiger charge is -2.19. The minimum absolute atomic E-state index is 0.0192. The van der Waals surface area contributed by atoms with Crippen LogP contribution in [0.5, 0.6) is 0 Å². The van der Waals surface area contributed by atoms with E-state index in [-0.39, 0.29) is 24.5 Å². The SMILES string of the molecule is CC(C)C(CO)NC(=O)CCSc1ccc(Cl)cc1. The summed E-state index contributed by atoms with van der Waals surface area (Å²) in [6.07, 6.45) is 0.441. The van der Waals surface area contributed by atoms with Crippen LogP contribution >= 0.6 is 23.4 Å². The first kappa shape index (κ1) is 16.3. The van der Waals surface area contributed by atoms with E-state index in [0.29, 0.717) is 17.2 Å². The Labute approximate surface area is 123 Å². The van der Waals surface area contributed by atoms with Gasteiger partial charge in [-0.3, -0.25) is 4.79 Å². The molecule has 3 nitrogen and oxygen atoms in total. The standard InChI is InChI=1S/C14H20ClNO2S/c1-10(2)13(9-17)16-14(18)7-8-19-12-5-3-11(15)4-6-12/h3-6,10,13,17H,7-9H2,1-2H3,(H,16,18). The van der Waals surface area contributed by atoms with E-state index in [1.807, 2.05) is 38.1 Å². The van der Waals surface area contributed by atoms with Crippen LogP contribution in [-0.2, 0) is 4.79 Å². The molecule has 0 spiro atoms. The van der Waals surface area contributed by atoms with Crippen molar-refractivity contribution >= 4 is 29.3 Å². The number of thioether (sulfide) groups is 1. The molecule has 0 radical (unpaired) electrons. The van der Waals surface area contributed by atoms with E-state index in [2.05, 4.69) is 5.32 Å². The number of hydrogen-bond acceptors (Lipinski definition) is 3. The minimum Gasteiger partial charge on any atom is -0.394 e. The van der Waals surface area contributed by atoms with Gasteiger partial charge in [-0.15, -0.1) is 11.8 Å². The quantitative estimate of drug-likeness (QED) is 0.761. The number of halogens is 1. The fraction of sp³-hybridized carbons (Fsp3) is 0.500. The largest absolute Gasteiger partial charge is 0.394 e. The molecular weight excluding hydrogens is 282 g/mol. The first-order valence-electron chi connectivity index (χ1n) is 6.31. The number of amides is 1. The molecule has 0 aromatic heterocycles. The second kappa shape index (κ2) is 8.46. The molecule has 1 aromatic carbocycles. The van der Waals surface area contributed by atoms with Crippen molar-refractivity contribution in [2.24, 2.45) is 5.92 Å². The minimum atomic E-state index is -0.159. The molecule has 0 aliphatic rings. The first-order valence-corrected chi connectivity index (χ1v) is 7.68. The van der Waals surface area contributed by atoms with Crippen molar-refractivity contribution in [1.29, 1.82) is 0 Å². The van der Waals surface area contributed by atoms with Gasteiger partial charge < -0.3 is 10.4 Å². The number of rotatable bonds is 7. The summed E-state index contributed by atoms with van der Waals surface area (Å²) in [5, 5.41) is 12.7. The molecule has 0 saturated carbocycles. The Morgan fingerprint density at radius 2 is 2.00 bits per heavy atom. The monoisotopic (exact) mass is 301 g/mol. The molecule has 1 amide bonds. The van der Waals surface area contributed by atoms with Gasteiger partial charge >= 0.3 is 0 Å². The fourth-order valence-corrected chi connectivity index (χ4v) is 2.47. The second-order valence-corrected chi connectivity index (χ2v) is 6.26. The van der Waals surface area contributed by atoms with Crippen molar-refractivity contribution < 1.29 is 9.90 Å². The van der Waals surface area contributed by atoms with Gasteiger partial charge in [-0.1, -0.05) is 25.4 Å². The van der Waals surface area contributed by atoms with Gasteiger partial charge in [0.05, 0.1) is 12.6 Å². The zero-order chi connectivity index (χ0) is 14.3. The van der Waals surface area contributed by atoms with E-state index in [4.69, 9.17) is 16.7 Å². The van der Waals surface area contributed by atoms with Crippen molar-refractivity contribution in [3.63, 3.8) is 0 Å². The molecule has 106 valence electrons. The van der Waals surface area contributed by atoms with Crippen LogP contribution in [0.15, 0.2) is 29.2 Å². The maximum atomic E-state index is 11.7. The Bertz CT molecular complexity index is 395. The molecule has 1 atom stereocenters. The third kappa shape index (κ3) is 6.32. The van der Waals surface area contributed by atoms with E-state index in [1.54, 1.807) is 11.8 Å². The Hall–Kier alpha value is -0.710. The summed E-state index contributed by atoms with van der Waals surface area (Å²) in [6, 6.07) is 7.40. The van der Waals surface area contributed by atoms with Gasteiger partial charge in [0.25, 0.3) is 0 Å². The molecule has 2 N–H and O–H groups in total. The van der Waals surface area contributed by atoms with Crippen LogP contribution in [0, 0.1) is 5.92 Å². The van der Waals surface area contributed by atoms with Gasteiger partial charge in [0.15, 0.2) is 0 Å². The number of aliphatic hydroxyl groups is 1. The molecule has 0 fully saturated rings. The highest BCUT2D eigenvalue weighted by atomic mass is 35.5. The van der Waals surface area contributed by atoms with Crippen molar-refractivity contribution in [3.8, 4) is 0 Å². The number of carbonyl (C=O) groups excluding carboxylic acids is 1. The highest BCUT2D eigenvalue weighted by Crippen LogP contribution is 2.20. The predicted molar refractivity (Wildman–Crippen MR) is 80.6 cm³/mol. The number of carbonyl (C=O) groups is 1. The topological polar surface area (TPSA) is 49.3 Å². The molecule has 1 aromatic rings. The highest BCUT2D eigenvalue weighted by Gasteiger charge is 2.14. The van der Waals surface area contributed by atoms with Gasteiger partial charge in [-0.2, -0.15) is 0 Å². The molecule has 1 rings (SSSR count). The van der Waals surface area contributed by atoms with Gasteiger partial charge in [0.1, 0.15) is 0 Å². The molecule has 0 heterocycles. The van der Waals surface area contributed by atoms with Crippen LogP contribution in [-0.4, -0.2) is 29.4 Å². The van der Waals surface area contributed by atoms with Crippen molar-refractivity contribution in [2.75, 3.05) is 12.4 Å². The van der Waals surface area contributed by atoms with Crippen LogP contribution in [0.1, 0.15) is 20.3 Å². The molecule has 0 saturated heterocycles. The molecule has 19 heavy (non-hydrogen) atoms. The lowest BCUT2D eigenvalue weighted by molar-refractivity contribution is -0.122. The molecular formula is C14H20ClNO2S. The predicted octanol–water partition coefficient (Wildman–Crippen LogP) is 2.96. The Balaban J connectivity index is 2.29. The highest BCUT2D eigenvalue weighted by molar-refractivity contribution is 7.99. The van der Waals surface area contributed by atoms with Crippen LogP contribution in [0.25, 0.3) is 0 Å². The summed E-state index contributed by atoms with van der Waals surface area (Å²) in [4.78, 5) is 12.8. The summed E-state index contributed by atoms with van der Waals surface area (Å²) in [5.74, 6) is 0.927. The zero-order valence-corrected chi connectivity index (χ0v) is 12.8. The molecule has 5 heteroatoms. The number of nitrogens with one attached hydrogen (secondary N) is 1. The Morgan fingerprint density at radius 1 is 1.37 bits per heavy atom. The molecule has 0 aliphatic heterocycles. The first-order chi connectivity index (χ1) is 9.02. The summed E-state index contributed by atoms with van der Waals surface area (Å²) < 4.78 is 0. The lowest BCUT2D eigenvalue weighted by Crippen LogP contribution is -2.41. The molecule has 0 bridgehead atoms. The Morgan fingerprint density at radius 3 is 2.53 bits per heavy atom. The molecule has 1 unspecified atom stereocenters. The van der Waals surface area contributed by atoms with E-state index in [1.165, 1.54) is 0 Å². The van der Waals surface area contributed by atoms with Crippen LogP contribution in [0.2, 0.25) is 5.02 Å². The molecule has 0 aliphatic carbocycles. The van der Waals surface area contributed by atoms with E-state index >= 15 is 0 Å². The van der Waals surface area contributed by atoms with E-state index in [9.17, 15) is 4.79 Å². The normalized spacial score (nSPS) is 12.5. The van der Waals surface area contributed by atoms with Crippen molar-refractivity contribution in [2.45, 2.75) is 31.2 Å². The van der Waals surface area contributed by atoms with Gasteiger partial charge in [-0.25, -0.2) is 0 Å².